The van der Waals surface area contributed by atoms with Crippen molar-refractivity contribution in [2.75, 3.05) is 0 Å². The lowest BCUT2D eigenvalue weighted by Crippen LogP contribution is -2.40. The van der Waals surface area contributed by atoms with Gasteiger partial charge in [0.2, 0.25) is 0 Å². The maximum atomic E-state index is 13.1. The van der Waals surface area contributed by atoms with Crippen LogP contribution in [0.5, 0.6) is 11.5 Å². The van der Waals surface area contributed by atoms with Crippen LogP contribution in [0.1, 0.15) is 27.7 Å². The van der Waals surface area contributed by atoms with Crippen molar-refractivity contribution in [2.45, 2.75) is 6.04 Å². The minimum Gasteiger partial charge on any atom is -0.508 e. The Labute approximate surface area is 192 Å². The molecule has 0 aliphatic heterocycles. The Morgan fingerprint density at radius 3 is 2.41 bits per heavy atom. The molecule has 1 unspecified atom stereocenters. The van der Waals surface area contributed by atoms with Crippen LogP contribution in [0.15, 0.2) is 82.7 Å². The number of hydrazone groups is 1. The highest BCUT2D eigenvalue weighted by atomic mass is 16.3. The number of H-pyrrole nitrogens is 1. The van der Waals surface area contributed by atoms with E-state index in [0.29, 0.717) is 16.3 Å². The highest BCUT2D eigenvalue weighted by Gasteiger charge is 2.27. The van der Waals surface area contributed by atoms with Crippen LogP contribution in [-0.2, 0) is 4.79 Å². The van der Waals surface area contributed by atoms with Crippen LogP contribution >= 0.6 is 0 Å². The number of hydrogen-bond acceptors (Lipinski definition) is 7. The number of hydrogen-bond donors (Lipinski definition) is 5. The normalized spacial score (nSPS) is 11.9. The number of rotatable bonds is 6. The molecule has 10 nitrogen and oxygen atoms in total. The van der Waals surface area contributed by atoms with E-state index in [-0.39, 0.29) is 22.8 Å². The number of aromatic amines is 1. The summed E-state index contributed by atoms with van der Waals surface area (Å²) >= 11 is 0. The SMILES string of the molecule is O=C(NC(C(=O)N/N=C/c1ccc(O)cc1O)c1n[nH]c(=O)c2ccccc12)c1ccccc1. The zero-order chi connectivity index (χ0) is 24.1. The Hall–Kier alpha value is -4.99. The molecule has 4 rings (SSSR count). The molecule has 10 heteroatoms. The van der Waals surface area contributed by atoms with Crippen molar-refractivity contribution in [2.24, 2.45) is 5.10 Å². The smallest absolute Gasteiger partial charge is 0.272 e. The molecule has 1 atom stereocenters. The van der Waals surface area contributed by atoms with Crippen LogP contribution in [0.2, 0.25) is 0 Å². The fourth-order valence-electron chi connectivity index (χ4n) is 3.29. The monoisotopic (exact) mass is 457 g/mol. The van der Waals surface area contributed by atoms with E-state index in [2.05, 4.69) is 26.0 Å². The molecule has 5 N–H and O–H groups in total. The van der Waals surface area contributed by atoms with Crippen LogP contribution < -0.4 is 16.3 Å². The van der Waals surface area contributed by atoms with Gasteiger partial charge >= 0.3 is 0 Å². The molecule has 0 spiro atoms. The Morgan fingerprint density at radius 1 is 0.971 bits per heavy atom. The van der Waals surface area contributed by atoms with Crippen molar-refractivity contribution in [3.63, 3.8) is 0 Å². The van der Waals surface area contributed by atoms with Gasteiger partial charge in [-0.05, 0) is 30.3 Å². The van der Waals surface area contributed by atoms with Gasteiger partial charge in [0.05, 0.1) is 11.6 Å². The Morgan fingerprint density at radius 2 is 1.68 bits per heavy atom. The summed E-state index contributed by atoms with van der Waals surface area (Å²) in [7, 11) is 0. The van der Waals surface area contributed by atoms with Crippen LogP contribution in [0, 0.1) is 0 Å². The van der Waals surface area contributed by atoms with E-state index < -0.39 is 23.4 Å². The molecular weight excluding hydrogens is 438 g/mol. The summed E-state index contributed by atoms with van der Waals surface area (Å²) in [6, 6.07) is 17.5. The number of nitrogens with zero attached hydrogens (tertiary/aromatic N) is 2. The predicted molar refractivity (Wildman–Crippen MR) is 125 cm³/mol. The lowest BCUT2D eigenvalue weighted by molar-refractivity contribution is -0.123. The maximum Gasteiger partial charge on any atom is 0.272 e. The number of amides is 2. The van der Waals surface area contributed by atoms with Crippen molar-refractivity contribution in [3.05, 3.63) is 100.0 Å². The van der Waals surface area contributed by atoms with E-state index in [0.717, 1.165) is 6.07 Å². The number of aromatic nitrogens is 2. The molecule has 2 amide bonds. The van der Waals surface area contributed by atoms with Crippen LogP contribution in [0.25, 0.3) is 10.8 Å². The molecular formula is C24H19N5O5. The number of aromatic hydroxyl groups is 2. The van der Waals surface area contributed by atoms with Gasteiger partial charge in [0.25, 0.3) is 17.4 Å². The molecule has 1 aromatic heterocycles. The fraction of sp³-hybridized carbons (Fsp3) is 0.0417. The first-order valence-electron chi connectivity index (χ1n) is 10.1. The third-order valence-electron chi connectivity index (χ3n) is 4.96. The third kappa shape index (κ3) is 4.75. The first kappa shape index (κ1) is 22.2. The fourth-order valence-corrected chi connectivity index (χ4v) is 3.29. The number of fused-ring (bicyclic) bond motifs is 1. The van der Waals surface area contributed by atoms with Crippen molar-refractivity contribution >= 4 is 28.8 Å². The molecule has 0 radical (unpaired) electrons. The predicted octanol–water partition coefficient (Wildman–Crippen LogP) is 1.96. The summed E-state index contributed by atoms with van der Waals surface area (Å²) in [5.41, 5.74) is 2.58. The van der Waals surface area contributed by atoms with Crippen molar-refractivity contribution < 1.29 is 19.8 Å². The largest absolute Gasteiger partial charge is 0.508 e. The van der Waals surface area contributed by atoms with Crippen LogP contribution in [-0.4, -0.2) is 38.4 Å². The minimum absolute atomic E-state index is 0.125. The number of carbonyl (C=O) groups excluding carboxylic acids is 2. The van der Waals surface area contributed by atoms with E-state index in [4.69, 9.17) is 0 Å². The topological polar surface area (TPSA) is 157 Å². The number of nitrogens with one attached hydrogen (secondary N) is 3. The summed E-state index contributed by atoms with van der Waals surface area (Å²) in [5.74, 6) is -1.62. The second kappa shape index (κ2) is 9.65. The molecule has 0 aliphatic rings. The van der Waals surface area contributed by atoms with E-state index in [9.17, 15) is 24.6 Å². The number of benzene rings is 3. The van der Waals surface area contributed by atoms with Gasteiger partial charge in [-0.3, -0.25) is 14.4 Å². The summed E-state index contributed by atoms with van der Waals surface area (Å²) in [5, 5.41) is 32.8. The zero-order valence-corrected chi connectivity index (χ0v) is 17.6. The average Bonchev–Trinajstić information content (AvgIpc) is 2.85. The Kier molecular flexibility index (Phi) is 6.31. The van der Waals surface area contributed by atoms with Gasteiger partial charge < -0.3 is 15.5 Å². The Balaban J connectivity index is 1.67. The molecule has 0 saturated carbocycles. The van der Waals surface area contributed by atoms with Crippen LogP contribution in [0.4, 0.5) is 0 Å². The standard InChI is InChI=1S/C24H19N5O5/c30-16-11-10-15(19(31)12-16)13-25-28-24(34)21(26-22(32)14-6-2-1-3-7-14)20-17-8-4-5-9-18(17)23(33)29-27-20/h1-13,21,30-31H,(H,26,32)(H,28,34)(H,29,33)/b25-13+. The number of phenolic OH excluding ortho intramolecular Hbond substituents is 2. The molecule has 0 bridgehead atoms. The second-order valence-corrected chi connectivity index (χ2v) is 7.23. The molecule has 170 valence electrons. The third-order valence-corrected chi connectivity index (χ3v) is 4.96. The van der Waals surface area contributed by atoms with Gasteiger partial charge in [-0.1, -0.05) is 36.4 Å². The van der Waals surface area contributed by atoms with E-state index >= 15 is 0 Å². The molecule has 0 saturated heterocycles. The second-order valence-electron chi connectivity index (χ2n) is 7.23. The summed E-state index contributed by atoms with van der Waals surface area (Å²) in [4.78, 5) is 38.1. The lowest BCUT2D eigenvalue weighted by atomic mass is 10.0. The first-order valence-corrected chi connectivity index (χ1v) is 10.1. The summed E-state index contributed by atoms with van der Waals surface area (Å²) in [6.45, 7) is 0. The van der Waals surface area contributed by atoms with E-state index in [1.54, 1.807) is 54.6 Å². The van der Waals surface area contributed by atoms with Gasteiger partial charge in [-0.2, -0.15) is 10.2 Å². The van der Waals surface area contributed by atoms with Gasteiger partial charge in [0.15, 0.2) is 6.04 Å². The molecule has 0 aliphatic carbocycles. The Bertz CT molecular complexity index is 1450. The quantitative estimate of drug-likeness (QED) is 0.220. The van der Waals surface area contributed by atoms with Crippen molar-refractivity contribution in [3.8, 4) is 11.5 Å². The summed E-state index contributed by atoms with van der Waals surface area (Å²) in [6.07, 6.45) is 1.18. The van der Waals surface area contributed by atoms with Gasteiger partial charge in [0.1, 0.15) is 17.2 Å². The van der Waals surface area contributed by atoms with Gasteiger partial charge in [0, 0.05) is 22.6 Å². The highest BCUT2D eigenvalue weighted by molar-refractivity contribution is 5.99. The van der Waals surface area contributed by atoms with E-state index in [1.807, 2.05) is 0 Å². The van der Waals surface area contributed by atoms with Crippen LogP contribution in [0.3, 0.4) is 0 Å². The molecule has 4 aromatic rings. The first-order chi connectivity index (χ1) is 16.4. The molecule has 3 aromatic carbocycles. The molecule has 1 heterocycles. The number of carbonyl (C=O) groups is 2. The lowest BCUT2D eigenvalue weighted by Gasteiger charge is -2.18. The van der Waals surface area contributed by atoms with Gasteiger partial charge in [-0.25, -0.2) is 10.5 Å². The van der Waals surface area contributed by atoms with Crippen molar-refractivity contribution in [1.82, 2.24) is 20.9 Å². The van der Waals surface area contributed by atoms with Crippen molar-refractivity contribution in [1.29, 1.82) is 0 Å². The number of phenols is 2. The maximum absolute atomic E-state index is 13.1. The highest BCUT2D eigenvalue weighted by Crippen LogP contribution is 2.22. The molecule has 0 fully saturated rings. The summed E-state index contributed by atoms with van der Waals surface area (Å²) < 4.78 is 0. The van der Waals surface area contributed by atoms with E-state index in [1.165, 1.54) is 18.3 Å². The minimum atomic E-state index is -1.31. The van der Waals surface area contributed by atoms with Gasteiger partial charge in [-0.15, -0.1) is 0 Å². The average molecular weight is 457 g/mol. The zero-order valence-electron chi connectivity index (χ0n) is 17.6. The molecule has 34 heavy (non-hydrogen) atoms.